The molecular weight excluding hydrogens is 226 g/mol. The number of benzene rings is 1. The lowest BCUT2D eigenvalue weighted by Crippen LogP contribution is -1.90. The van der Waals surface area contributed by atoms with Gasteiger partial charge in [-0.25, -0.2) is 9.97 Å². The zero-order valence-electron chi connectivity index (χ0n) is 9.61. The molecule has 0 radical (unpaired) electrons. The third kappa shape index (κ3) is 1.94. The van der Waals surface area contributed by atoms with Gasteiger partial charge in [0.2, 0.25) is 0 Å². The van der Waals surface area contributed by atoms with Gasteiger partial charge in [-0.1, -0.05) is 24.3 Å². The first-order valence-electron chi connectivity index (χ1n) is 5.65. The van der Waals surface area contributed by atoms with Crippen LogP contribution in [-0.4, -0.2) is 20.1 Å². The summed E-state index contributed by atoms with van der Waals surface area (Å²) >= 11 is 0. The van der Waals surface area contributed by atoms with E-state index in [4.69, 9.17) is 5.11 Å². The van der Waals surface area contributed by atoms with Gasteiger partial charge in [-0.05, 0) is 17.7 Å². The number of nitrogens with zero attached hydrogens (tertiary/aromatic N) is 3. The van der Waals surface area contributed by atoms with Crippen LogP contribution in [0.3, 0.4) is 0 Å². The molecule has 4 heteroatoms. The van der Waals surface area contributed by atoms with E-state index in [1.54, 1.807) is 12.4 Å². The van der Waals surface area contributed by atoms with Crippen LogP contribution in [0.5, 0.6) is 0 Å². The number of rotatable bonds is 2. The van der Waals surface area contributed by atoms with Crippen LogP contribution in [0.1, 0.15) is 5.56 Å². The number of aliphatic hydroxyl groups is 1. The lowest BCUT2D eigenvalue weighted by Gasteiger charge is -2.03. The van der Waals surface area contributed by atoms with Gasteiger partial charge < -0.3 is 5.11 Å². The predicted molar refractivity (Wildman–Crippen MR) is 68.7 cm³/mol. The van der Waals surface area contributed by atoms with Gasteiger partial charge in [-0.15, -0.1) is 0 Å². The van der Waals surface area contributed by atoms with Crippen molar-refractivity contribution in [3.05, 3.63) is 54.4 Å². The van der Waals surface area contributed by atoms with E-state index in [1.807, 2.05) is 36.4 Å². The Kier molecular flexibility index (Phi) is 2.70. The van der Waals surface area contributed by atoms with Gasteiger partial charge in [0.15, 0.2) is 5.65 Å². The Bertz CT molecular complexity index is 680. The summed E-state index contributed by atoms with van der Waals surface area (Å²) in [6.45, 7) is 0.0525. The maximum atomic E-state index is 9.01. The first kappa shape index (κ1) is 10.8. The third-order valence-electron chi connectivity index (χ3n) is 2.76. The Morgan fingerprint density at radius 2 is 1.67 bits per heavy atom. The minimum atomic E-state index is 0.0525. The first-order valence-corrected chi connectivity index (χ1v) is 5.65. The van der Waals surface area contributed by atoms with E-state index in [9.17, 15) is 0 Å². The van der Waals surface area contributed by atoms with E-state index in [2.05, 4.69) is 15.0 Å². The van der Waals surface area contributed by atoms with Crippen LogP contribution in [-0.2, 0) is 6.61 Å². The maximum Gasteiger partial charge on any atom is 0.178 e. The highest BCUT2D eigenvalue weighted by Crippen LogP contribution is 2.19. The molecule has 88 valence electrons. The zero-order valence-corrected chi connectivity index (χ0v) is 9.61. The summed E-state index contributed by atoms with van der Waals surface area (Å²) in [5.41, 5.74) is 4.17. The molecular formula is C14H11N3O. The summed E-state index contributed by atoms with van der Waals surface area (Å²) in [6.07, 6.45) is 3.29. The summed E-state index contributed by atoms with van der Waals surface area (Å²) in [4.78, 5) is 12.8. The molecule has 0 aliphatic rings. The number of hydrogen-bond donors (Lipinski definition) is 1. The van der Waals surface area contributed by atoms with Crippen LogP contribution in [0.4, 0.5) is 0 Å². The summed E-state index contributed by atoms with van der Waals surface area (Å²) in [5.74, 6) is 0. The predicted octanol–water partition coefficient (Wildman–Crippen LogP) is 2.18. The first-order chi connectivity index (χ1) is 8.86. The molecule has 0 fully saturated rings. The second kappa shape index (κ2) is 4.50. The van der Waals surface area contributed by atoms with E-state index < -0.39 is 0 Å². The SMILES string of the molecule is OCc1ccc(-c2ccc3nccnc3n2)cc1. The molecule has 4 nitrogen and oxygen atoms in total. The van der Waals surface area contributed by atoms with Crippen molar-refractivity contribution in [2.45, 2.75) is 6.61 Å². The minimum absolute atomic E-state index is 0.0525. The number of aliphatic hydroxyl groups excluding tert-OH is 1. The number of pyridine rings is 1. The van der Waals surface area contributed by atoms with E-state index in [0.717, 1.165) is 22.3 Å². The summed E-state index contributed by atoms with van der Waals surface area (Å²) < 4.78 is 0. The topological polar surface area (TPSA) is 58.9 Å². The van der Waals surface area contributed by atoms with Crippen LogP contribution in [0.2, 0.25) is 0 Å². The van der Waals surface area contributed by atoms with Crippen molar-refractivity contribution in [1.82, 2.24) is 15.0 Å². The number of fused-ring (bicyclic) bond motifs is 1. The fourth-order valence-electron chi connectivity index (χ4n) is 1.80. The van der Waals surface area contributed by atoms with Gasteiger partial charge >= 0.3 is 0 Å². The molecule has 0 spiro atoms. The third-order valence-corrected chi connectivity index (χ3v) is 2.76. The molecule has 0 bridgehead atoms. The normalized spacial score (nSPS) is 10.7. The molecule has 1 aromatic carbocycles. The largest absolute Gasteiger partial charge is 0.392 e. The molecule has 18 heavy (non-hydrogen) atoms. The van der Waals surface area contributed by atoms with Crippen molar-refractivity contribution in [3.8, 4) is 11.3 Å². The Hall–Kier alpha value is -2.33. The van der Waals surface area contributed by atoms with Crippen molar-refractivity contribution in [1.29, 1.82) is 0 Å². The molecule has 3 aromatic rings. The Balaban J connectivity index is 2.07. The lowest BCUT2D eigenvalue weighted by atomic mass is 10.1. The summed E-state index contributed by atoms with van der Waals surface area (Å²) in [7, 11) is 0. The second-order valence-corrected chi connectivity index (χ2v) is 3.95. The monoisotopic (exact) mass is 237 g/mol. The molecule has 1 N–H and O–H groups in total. The molecule has 0 amide bonds. The smallest absolute Gasteiger partial charge is 0.178 e. The quantitative estimate of drug-likeness (QED) is 0.742. The molecule has 0 aliphatic carbocycles. The zero-order chi connectivity index (χ0) is 12.4. The standard InChI is InChI=1S/C14H11N3O/c18-9-10-1-3-11(4-2-10)12-5-6-13-14(17-12)16-8-7-15-13/h1-8,18H,9H2. The Morgan fingerprint density at radius 1 is 0.889 bits per heavy atom. The van der Waals surface area contributed by atoms with Gasteiger partial charge in [0.1, 0.15) is 5.52 Å². The maximum absolute atomic E-state index is 9.01. The minimum Gasteiger partial charge on any atom is -0.392 e. The molecule has 0 atom stereocenters. The highest BCUT2D eigenvalue weighted by molar-refractivity contribution is 5.74. The highest BCUT2D eigenvalue weighted by atomic mass is 16.3. The lowest BCUT2D eigenvalue weighted by molar-refractivity contribution is 0.282. The molecule has 0 aliphatic heterocycles. The van der Waals surface area contributed by atoms with Crippen molar-refractivity contribution in [2.75, 3.05) is 0 Å². The van der Waals surface area contributed by atoms with E-state index in [0.29, 0.717) is 5.65 Å². The van der Waals surface area contributed by atoms with E-state index >= 15 is 0 Å². The van der Waals surface area contributed by atoms with E-state index in [1.165, 1.54) is 0 Å². The van der Waals surface area contributed by atoms with E-state index in [-0.39, 0.29) is 6.61 Å². The fourth-order valence-corrected chi connectivity index (χ4v) is 1.80. The molecule has 0 unspecified atom stereocenters. The van der Waals surface area contributed by atoms with Crippen molar-refractivity contribution in [3.63, 3.8) is 0 Å². The highest BCUT2D eigenvalue weighted by Gasteiger charge is 2.02. The molecule has 0 saturated carbocycles. The summed E-state index contributed by atoms with van der Waals surface area (Å²) in [5, 5.41) is 9.01. The van der Waals surface area contributed by atoms with Gasteiger partial charge in [0, 0.05) is 18.0 Å². The average molecular weight is 237 g/mol. The van der Waals surface area contributed by atoms with Gasteiger partial charge in [0.25, 0.3) is 0 Å². The van der Waals surface area contributed by atoms with Crippen molar-refractivity contribution in [2.24, 2.45) is 0 Å². The van der Waals surface area contributed by atoms with Crippen LogP contribution in [0.25, 0.3) is 22.4 Å². The Morgan fingerprint density at radius 3 is 2.44 bits per heavy atom. The van der Waals surface area contributed by atoms with Gasteiger partial charge in [-0.3, -0.25) is 4.98 Å². The average Bonchev–Trinajstić information content (AvgIpc) is 2.47. The fraction of sp³-hybridized carbons (Fsp3) is 0.0714. The van der Waals surface area contributed by atoms with Crippen molar-refractivity contribution < 1.29 is 5.11 Å². The van der Waals surface area contributed by atoms with Gasteiger partial charge in [-0.2, -0.15) is 0 Å². The van der Waals surface area contributed by atoms with Crippen molar-refractivity contribution >= 4 is 11.2 Å². The van der Waals surface area contributed by atoms with Crippen LogP contribution >= 0.6 is 0 Å². The molecule has 2 aromatic heterocycles. The number of hydrogen-bond acceptors (Lipinski definition) is 4. The molecule has 0 saturated heterocycles. The Labute approximate surface area is 104 Å². The molecule has 2 heterocycles. The molecule has 3 rings (SSSR count). The van der Waals surface area contributed by atoms with Crippen LogP contribution in [0.15, 0.2) is 48.8 Å². The summed E-state index contributed by atoms with van der Waals surface area (Å²) in [6, 6.07) is 11.5. The van der Waals surface area contributed by atoms with Crippen LogP contribution in [0, 0.1) is 0 Å². The van der Waals surface area contributed by atoms with Crippen LogP contribution < -0.4 is 0 Å². The van der Waals surface area contributed by atoms with Gasteiger partial charge in [0.05, 0.1) is 12.3 Å². The second-order valence-electron chi connectivity index (χ2n) is 3.95. The number of aromatic nitrogens is 3.